The summed E-state index contributed by atoms with van der Waals surface area (Å²) in [4.78, 5) is 0. The molecule has 1 aromatic heterocycles. The largest absolute Gasteiger partial charge is 0.497 e. The van der Waals surface area contributed by atoms with Crippen molar-refractivity contribution in [2.75, 3.05) is 7.11 Å². The van der Waals surface area contributed by atoms with Gasteiger partial charge in [0.05, 0.1) is 23.8 Å². The zero-order valence-electron chi connectivity index (χ0n) is 18.7. The highest BCUT2D eigenvalue weighted by Gasteiger charge is 2.20. The molecule has 0 aliphatic heterocycles. The van der Waals surface area contributed by atoms with E-state index >= 15 is 0 Å². The van der Waals surface area contributed by atoms with Gasteiger partial charge in [-0.2, -0.15) is 5.10 Å². The number of halogens is 1. The summed E-state index contributed by atoms with van der Waals surface area (Å²) in [6, 6.07) is 21.3. The van der Waals surface area contributed by atoms with Crippen molar-refractivity contribution in [1.29, 1.82) is 0 Å². The molecule has 3 nitrogen and oxygen atoms in total. The van der Waals surface area contributed by atoms with E-state index in [1.807, 2.05) is 12.1 Å². The quantitative estimate of drug-likeness (QED) is 0.304. The van der Waals surface area contributed by atoms with Crippen molar-refractivity contribution in [3.05, 3.63) is 93.0 Å². The zero-order chi connectivity index (χ0) is 22.1. The van der Waals surface area contributed by atoms with Crippen LogP contribution in [0.25, 0.3) is 22.5 Å². The smallest absolute Gasteiger partial charge is 0.118 e. The molecular formula is C27H27BrN2O. The van der Waals surface area contributed by atoms with Gasteiger partial charge in [-0.15, -0.1) is 0 Å². The van der Waals surface area contributed by atoms with Crippen LogP contribution in [0, 0.1) is 27.7 Å². The minimum absolute atomic E-state index is 0.676. The molecule has 0 spiro atoms. The first-order valence-corrected chi connectivity index (χ1v) is 11.2. The Morgan fingerprint density at radius 1 is 0.774 bits per heavy atom. The van der Waals surface area contributed by atoms with E-state index in [4.69, 9.17) is 9.84 Å². The molecule has 31 heavy (non-hydrogen) atoms. The van der Waals surface area contributed by atoms with Gasteiger partial charge in [-0.3, -0.25) is 4.68 Å². The van der Waals surface area contributed by atoms with Crippen LogP contribution in [0.2, 0.25) is 0 Å². The van der Waals surface area contributed by atoms with E-state index in [1.54, 1.807) is 7.11 Å². The summed E-state index contributed by atoms with van der Waals surface area (Å²) in [7, 11) is 1.69. The standard InChI is InChI=1S/C27H27BrN2O/c1-17-6-10-22(14-19(17)3)26-25(28)27(23-11-7-18(2)20(4)15-23)30(29-26)16-21-8-12-24(31-5)13-9-21/h6-15H,16H2,1-5H3. The highest BCUT2D eigenvalue weighted by molar-refractivity contribution is 9.10. The van der Waals surface area contributed by atoms with E-state index in [2.05, 4.69) is 96.8 Å². The summed E-state index contributed by atoms with van der Waals surface area (Å²) in [5.41, 5.74) is 10.6. The molecule has 4 aromatic rings. The van der Waals surface area contributed by atoms with Gasteiger partial charge >= 0.3 is 0 Å². The summed E-state index contributed by atoms with van der Waals surface area (Å²) in [5, 5.41) is 5.06. The van der Waals surface area contributed by atoms with Crippen molar-refractivity contribution < 1.29 is 4.74 Å². The van der Waals surface area contributed by atoms with E-state index in [0.29, 0.717) is 6.54 Å². The third kappa shape index (κ3) is 4.31. The van der Waals surface area contributed by atoms with E-state index in [9.17, 15) is 0 Å². The third-order valence-corrected chi connectivity index (χ3v) is 6.70. The molecule has 0 bridgehead atoms. The van der Waals surface area contributed by atoms with Gasteiger partial charge in [-0.1, -0.05) is 36.4 Å². The van der Waals surface area contributed by atoms with Gasteiger partial charge < -0.3 is 4.74 Å². The van der Waals surface area contributed by atoms with E-state index in [0.717, 1.165) is 32.7 Å². The van der Waals surface area contributed by atoms with Gasteiger partial charge in [0.2, 0.25) is 0 Å². The molecule has 3 aromatic carbocycles. The van der Waals surface area contributed by atoms with Crippen molar-refractivity contribution >= 4 is 15.9 Å². The molecule has 0 fully saturated rings. The monoisotopic (exact) mass is 474 g/mol. The van der Waals surface area contributed by atoms with Gasteiger partial charge in [-0.25, -0.2) is 0 Å². The fraction of sp³-hybridized carbons (Fsp3) is 0.222. The van der Waals surface area contributed by atoms with Crippen molar-refractivity contribution in [2.24, 2.45) is 0 Å². The second-order valence-electron chi connectivity index (χ2n) is 8.11. The number of hydrogen-bond acceptors (Lipinski definition) is 2. The van der Waals surface area contributed by atoms with E-state index < -0.39 is 0 Å². The van der Waals surface area contributed by atoms with Crippen molar-refractivity contribution in [3.8, 4) is 28.3 Å². The number of aromatic nitrogens is 2. The van der Waals surface area contributed by atoms with Gasteiger partial charge in [0, 0.05) is 11.1 Å². The maximum atomic E-state index is 5.31. The molecule has 0 aliphatic rings. The number of ether oxygens (including phenoxy) is 1. The van der Waals surface area contributed by atoms with Gasteiger partial charge in [0.25, 0.3) is 0 Å². The first-order chi connectivity index (χ1) is 14.9. The highest BCUT2D eigenvalue weighted by atomic mass is 79.9. The van der Waals surface area contributed by atoms with E-state index in [1.165, 1.54) is 27.8 Å². The first-order valence-electron chi connectivity index (χ1n) is 10.4. The van der Waals surface area contributed by atoms with Gasteiger partial charge in [-0.05, 0) is 95.7 Å². The second-order valence-corrected chi connectivity index (χ2v) is 8.91. The molecule has 0 saturated carbocycles. The average Bonchev–Trinajstić information content (AvgIpc) is 3.08. The van der Waals surface area contributed by atoms with E-state index in [-0.39, 0.29) is 0 Å². The Balaban J connectivity index is 1.86. The Hall–Kier alpha value is -2.85. The second kappa shape index (κ2) is 8.72. The predicted molar refractivity (Wildman–Crippen MR) is 132 cm³/mol. The highest BCUT2D eigenvalue weighted by Crippen LogP contribution is 2.38. The molecule has 0 amide bonds. The Bertz CT molecular complexity index is 1240. The molecule has 0 unspecified atom stereocenters. The lowest BCUT2D eigenvalue weighted by Gasteiger charge is -2.11. The van der Waals surface area contributed by atoms with Crippen LogP contribution >= 0.6 is 15.9 Å². The zero-order valence-corrected chi connectivity index (χ0v) is 20.2. The molecule has 0 atom stereocenters. The third-order valence-electron chi connectivity index (χ3n) is 5.95. The topological polar surface area (TPSA) is 27.1 Å². The van der Waals surface area contributed by atoms with Crippen LogP contribution in [-0.2, 0) is 6.54 Å². The Kier molecular flexibility index (Phi) is 6.01. The lowest BCUT2D eigenvalue weighted by Crippen LogP contribution is -2.04. The van der Waals surface area contributed by atoms with Crippen molar-refractivity contribution in [1.82, 2.24) is 9.78 Å². The Morgan fingerprint density at radius 3 is 1.94 bits per heavy atom. The van der Waals surface area contributed by atoms with Crippen LogP contribution in [0.4, 0.5) is 0 Å². The Labute approximate surface area is 192 Å². The van der Waals surface area contributed by atoms with Crippen LogP contribution in [0.3, 0.4) is 0 Å². The molecule has 4 rings (SSSR count). The summed E-state index contributed by atoms with van der Waals surface area (Å²) in [5.74, 6) is 0.857. The van der Waals surface area contributed by atoms with Crippen LogP contribution in [0.1, 0.15) is 27.8 Å². The van der Waals surface area contributed by atoms with Crippen LogP contribution in [0.15, 0.2) is 65.1 Å². The molecule has 1 heterocycles. The summed E-state index contributed by atoms with van der Waals surface area (Å²) < 4.78 is 8.43. The SMILES string of the molecule is COc1ccc(Cn2nc(-c3ccc(C)c(C)c3)c(Br)c2-c2ccc(C)c(C)c2)cc1. The molecule has 0 saturated heterocycles. The number of aryl methyl sites for hydroxylation is 4. The fourth-order valence-corrected chi connectivity index (χ4v) is 4.44. The molecule has 0 N–H and O–H groups in total. The number of nitrogens with zero attached hydrogens (tertiary/aromatic N) is 2. The average molecular weight is 475 g/mol. The lowest BCUT2D eigenvalue weighted by atomic mass is 10.0. The minimum Gasteiger partial charge on any atom is -0.497 e. The maximum Gasteiger partial charge on any atom is 0.118 e. The number of hydrogen-bond donors (Lipinski definition) is 0. The van der Waals surface area contributed by atoms with Crippen molar-refractivity contribution in [3.63, 3.8) is 0 Å². The van der Waals surface area contributed by atoms with Crippen LogP contribution < -0.4 is 4.74 Å². The fourth-order valence-electron chi connectivity index (χ4n) is 3.70. The van der Waals surface area contributed by atoms with Gasteiger partial charge in [0.15, 0.2) is 0 Å². The number of rotatable bonds is 5. The summed E-state index contributed by atoms with van der Waals surface area (Å²) in [6.07, 6.45) is 0. The molecule has 158 valence electrons. The first kappa shape index (κ1) is 21.4. The number of benzene rings is 3. The predicted octanol–water partition coefficient (Wildman–Crippen LogP) is 7.27. The molecule has 4 heteroatoms. The molecular weight excluding hydrogens is 448 g/mol. The maximum absolute atomic E-state index is 5.31. The van der Waals surface area contributed by atoms with Crippen LogP contribution in [0.5, 0.6) is 5.75 Å². The van der Waals surface area contributed by atoms with Crippen molar-refractivity contribution in [2.45, 2.75) is 34.2 Å². The number of methoxy groups -OCH3 is 1. The minimum atomic E-state index is 0.676. The van der Waals surface area contributed by atoms with Gasteiger partial charge in [0.1, 0.15) is 11.4 Å². The Morgan fingerprint density at radius 2 is 1.35 bits per heavy atom. The molecule has 0 radical (unpaired) electrons. The molecule has 0 aliphatic carbocycles. The summed E-state index contributed by atoms with van der Waals surface area (Å²) >= 11 is 3.89. The summed E-state index contributed by atoms with van der Waals surface area (Å²) in [6.45, 7) is 9.25. The lowest BCUT2D eigenvalue weighted by molar-refractivity contribution is 0.414. The normalized spacial score (nSPS) is 11.0. The van der Waals surface area contributed by atoms with Crippen LogP contribution in [-0.4, -0.2) is 16.9 Å².